The van der Waals surface area contributed by atoms with E-state index in [1.807, 2.05) is 49.3 Å². The molecule has 2 aromatic rings. The molecule has 0 radical (unpaired) electrons. The third-order valence-corrected chi connectivity index (χ3v) is 5.24. The van der Waals surface area contributed by atoms with E-state index >= 15 is 0 Å². The molecule has 1 N–H and O–H groups in total. The lowest BCUT2D eigenvalue weighted by Crippen LogP contribution is -2.40. The maximum absolute atomic E-state index is 13.0. The fourth-order valence-electron chi connectivity index (χ4n) is 3.71. The van der Waals surface area contributed by atoms with Crippen molar-refractivity contribution in [3.63, 3.8) is 0 Å². The lowest BCUT2D eigenvalue weighted by atomic mass is 9.96. The lowest BCUT2D eigenvalue weighted by molar-refractivity contribution is 0.0690. The number of hydrogen-bond donors (Lipinski definition) is 1. The molecule has 3 heterocycles. The van der Waals surface area contributed by atoms with E-state index in [2.05, 4.69) is 21.8 Å². The number of hydrogen-bond acceptors (Lipinski definition) is 3. The molecule has 0 spiro atoms. The summed E-state index contributed by atoms with van der Waals surface area (Å²) in [5.74, 6) is 0.855. The third-order valence-electron chi connectivity index (χ3n) is 5.24. The van der Waals surface area contributed by atoms with Crippen molar-refractivity contribution in [2.75, 3.05) is 26.7 Å². The molecule has 3 rings (SSSR count). The zero-order valence-corrected chi connectivity index (χ0v) is 17.9. The number of pyridine rings is 1. The Balaban J connectivity index is 0.00000182. The van der Waals surface area contributed by atoms with Gasteiger partial charge in [0, 0.05) is 30.7 Å². The molecule has 1 fully saturated rings. The van der Waals surface area contributed by atoms with Gasteiger partial charge in [0.15, 0.2) is 0 Å². The van der Waals surface area contributed by atoms with Gasteiger partial charge in [0.25, 0.3) is 5.91 Å². The molecule has 150 valence electrons. The summed E-state index contributed by atoms with van der Waals surface area (Å²) in [5, 5.41) is 3.24. The zero-order chi connectivity index (χ0) is 17.8. The van der Waals surface area contributed by atoms with Gasteiger partial charge in [-0.3, -0.25) is 9.78 Å². The van der Waals surface area contributed by atoms with E-state index in [0.29, 0.717) is 12.5 Å². The quantitative estimate of drug-likeness (QED) is 0.817. The molecule has 0 aromatic carbocycles. The molecule has 7 heteroatoms. The van der Waals surface area contributed by atoms with E-state index in [4.69, 9.17) is 0 Å². The molecule has 1 amide bonds. The molecule has 0 unspecified atom stereocenters. The molecule has 0 aliphatic carbocycles. The summed E-state index contributed by atoms with van der Waals surface area (Å²) in [6, 6.07) is 7.97. The highest BCUT2D eigenvalue weighted by atomic mass is 35.5. The van der Waals surface area contributed by atoms with Crippen molar-refractivity contribution in [1.29, 1.82) is 0 Å². The van der Waals surface area contributed by atoms with Gasteiger partial charge < -0.3 is 14.8 Å². The number of nitrogens with zero attached hydrogens (tertiary/aromatic N) is 3. The molecule has 0 saturated carbocycles. The predicted molar refractivity (Wildman–Crippen MR) is 114 cm³/mol. The van der Waals surface area contributed by atoms with Gasteiger partial charge in [-0.05, 0) is 64.4 Å². The lowest BCUT2D eigenvalue weighted by Gasteiger charge is -2.32. The minimum absolute atomic E-state index is 0. The van der Waals surface area contributed by atoms with Crippen molar-refractivity contribution < 1.29 is 4.79 Å². The number of piperidine rings is 1. The molecule has 1 aliphatic heterocycles. The molecule has 1 saturated heterocycles. The Morgan fingerprint density at radius 1 is 1.22 bits per heavy atom. The Morgan fingerprint density at radius 2 is 1.93 bits per heavy atom. The Kier molecular flexibility index (Phi) is 9.30. The van der Waals surface area contributed by atoms with Gasteiger partial charge in [0.2, 0.25) is 0 Å². The van der Waals surface area contributed by atoms with Gasteiger partial charge in [0.1, 0.15) is 0 Å². The van der Waals surface area contributed by atoms with E-state index in [9.17, 15) is 4.79 Å². The van der Waals surface area contributed by atoms with Crippen molar-refractivity contribution in [1.82, 2.24) is 19.8 Å². The predicted octanol–water partition coefficient (Wildman–Crippen LogP) is 3.46. The van der Waals surface area contributed by atoms with E-state index in [-0.39, 0.29) is 30.7 Å². The minimum Gasteiger partial charge on any atom is -0.342 e. The molecule has 0 atom stereocenters. The van der Waals surface area contributed by atoms with Gasteiger partial charge in [-0.2, -0.15) is 0 Å². The van der Waals surface area contributed by atoms with Crippen LogP contribution >= 0.6 is 24.8 Å². The summed E-state index contributed by atoms with van der Waals surface area (Å²) in [5.41, 5.74) is 3.98. The minimum atomic E-state index is 0. The van der Waals surface area contributed by atoms with Crippen LogP contribution in [0.15, 0.2) is 30.5 Å². The standard InChI is InChI=1S/C20H28N4O.2ClH/c1-15-12-19(16(2)24(15)14-18-6-4-5-9-22-18)20(25)23-10-7-17(8-11-23)13-21-3;;/h4-6,9,12,17,21H,7-8,10-11,13-14H2,1-3H3;2*1H. The van der Waals surface area contributed by atoms with Gasteiger partial charge in [0.05, 0.1) is 17.8 Å². The number of amides is 1. The third kappa shape index (κ3) is 5.47. The van der Waals surface area contributed by atoms with Gasteiger partial charge in [-0.15, -0.1) is 24.8 Å². The smallest absolute Gasteiger partial charge is 0.255 e. The summed E-state index contributed by atoms with van der Waals surface area (Å²) in [6.45, 7) is 7.56. The van der Waals surface area contributed by atoms with E-state index in [1.54, 1.807) is 0 Å². The van der Waals surface area contributed by atoms with Crippen LogP contribution in [0.1, 0.15) is 40.3 Å². The summed E-state index contributed by atoms with van der Waals surface area (Å²) >= 11 is 0. The number of halogens is 2. The zero-order valence-electron chi connectivity index (χ0n) is 16.3. The van der Waals surface area contributed by atoms with E-state index in [0.717, 1.165) is 55.1 Å². The first-order chi connectivity index (χ1) is 12.1. The van der Waals surface area contributed by atoms with Crippen molar-refractivity contribution in [3.8, 4) is 0 Å². The maximum atomic E-state index is 13.0. The van der Waals surface area contributed by atoms with Crippen LogP contribution in [0, 0.1) is 19.8 Å². The average Bonchev–Trinajstić information content (AvgIpc) is 2.91. The van der Waals surface area contributed by atoms with Crippen molar-refractivity contribution in [2.45, 2.75) is 33.2 Å². The second-order valence-electron chi connectivity index (χ2n) is 6.99. The summed E-state index contributed by atoms with van der Waals surface area (Å²) in [6.07, 6.45) is 3.98. The Hall–Kier alpha value is -1.56. The molecule has 2 aromatic heterocycles. The SMILES string of the molecule is CNCC1CCN(C(=O)c2cc(C)n(Cc3ccccn3)c2C)CC1.Cl.Cl. The van der Waals surface area contributed by atoms with Gasteiger partial charge >= 0.3 is 0 Å². The summed E-state index contributed by atoms with van der Waals surface area (Å²) < 4.78 is 2.18. The topological polar surface area (TPSA) is 50.2 Å². The van der Waals surface area contributed by atoms with E-state index in [1.165, 1.54) is 0 Å². The molecule has 1 aliphatic rings. The summed E-state index contributed by atoms with van der Waals surface area (Å²) in [7, 11) is 1.99. The molecule has 0 bridgehead atoms. The highest BCUT2D eigenvalue weighted by Crippen LogP contribution is 2.22. The fraction of sp³-hybridized carbons (Fsp3) is 0.500. The Labute approximate surface area is 174 Å². The van der Waals surface area contributed by atoms with Crippen LogP contribution < -0.4 is 5.32 Å². The van der Waals surface area contributed by atoms with Gasteiger partial charge in [-0.1, -0.05) is 6.07 Å². The van der Waals surface area contributed by atoms with E-state index < -0.39 is 0 Å². The highest BCUT2D eigenvalue weighted by Gasteiger charge is 2.25. The first-order valence-electron chi connectivity index (χ1n) is 9.10. The number of likely N-dealkylation sites (tertiary alicyclic amines) is 1. The number of rotatable bonds is 5. The van der Waals surface area contributed by atoms with Crippen LogP contribution in [0.5, 0.6) is 0 Å². The number of carbonyl (C=O) groups is 1. The Morgan fingerprint density at radius 3 is 2.52 bits per heavy atom. The molecular formula is C20H30Cl2N4O. The number of carbonyl (C=O) groups excluding carboxylic acids is 1. The summed E-state index contributed by atoms with van der Waals surface area (Å²) in [4.78, 5) is 19.4. The van der Waals surface area contributed by atoms with Gasteiger partial charge in [-0.25, -0.2) is 0 Å². The van der Waals surface area contributed by atoms with Crippen LogP contribution in [0.25, 0.3) is 0 Å². The largest absolute Gasteiger partial charge is 0.342 e. The van der Waals surface area contributed by atoms with Crippen molar-refractivity contribution in [2.24, 2.45) is 5.92 Å². The first-order valence-corrected chi connectivity index (χ1v) is 9.10. The van der Waals surface area contributed by atoms with Crippen molar-refractivity contribution in [3.05, 3.63) is 53.1 Å². The number of nitrogens with one attached hydrogen (secondary N) is 1. The number of aromatic nitrogens is 2. The van der Waals surface area contributed by atoms with Crippen LogP contribution in [0.4, 0.5) is 0 Å². The average molecular weight is 413 g/mol. The van der Waals surface area contributed by atoms with Crippen LogP contribution in [0.2, 0.25) is 0 Å². The van der Waals surface area contributed by atoms with Crippen LogP contribution in [0.3, 0.4) is 0 Å². The highest BCUT2D eigenvalue weighted by molar-refractivity contribution is 5.95. The van der Waals surface area contributed by atoms with Crippen LogP contribution in [-0.4, -0.2) is 47.0 Å². The second kappa shape index (κ2) is 10.7. The monoisotopic (exact) mass is 412 g/mol. The number of aryl methyl sites for hydroxylation is 1. The van der Waals surface area contributed by atoms with Crippen molar-refractivity contribution >= 4 is 30.7 Å². The molecular weight excluding hydrogens is 383 g/mol. The molecule has 27 heavy (non-hydrogen) atoms. The molecule has 5 nitrogen and oxygen atoms in total. The second-order valence-corrected chi connectivity index (χ2v) is 6.99. The Bertz CT molecular complexity index is 725. The van der Waals surface area contributed by atoms with Crippen LogP contribution in [-0.2, 0) is 6.54 Å². The fourth-order valence-corrected chi connectivity index (χ4v) is 3.71. The normalized spacial score (nSPS) is 14.4. The maximum Gasteiger partial charge on any atom is 0.255 e. The first kappa shape index (κ1) is 23.5.